The Hall–Kier alpha value is -2.55. The quantitative estimate of drug-likeness (QED) is 0.662. The van der Waals surface area contributed by atoms with Gasteiger partial charge in [0.1, 0.15) is 15.7 Å². The molecule has 0 fully saturated rings. The van der Waals surface area contributed by atoms with E-state index in [-0.39, 0.29) is 17.1 Å². The van der Waals surface area contributed by atoms with E-state index in [0.29, 0.717) is 29.7 Å². The van der Waals surface area contributed by atoms with Crippen LogP contribution >= 0.6 is 0 Å². The summed E-state index contributed by atoms with van der Waals surface area (Å²) in [5.74, 6) is -1.17. The number of methoxy groups -OCH3 is 1. The highest BCUT2D eigenvalue weighted by atomic mass is 32.2. The van der Waals surface area contributed by atoms with Gasteiger partial charge >= 0.3 is 0 Å². The number of benzene rings is 2. The standard InChI is InChI=1S/C18H22F2N2O4S/c1-4-26-17-7-11(5-6-16(17)25-2)15(10-27(3,23)24)22-18-13(20)8-12(19)9-14(18)21/h5-9,15,22H,4,10,21H2,1-3H3/t15-/m1/s1. The maximum atomic E-state index is 14.2. The molecule has 148 valence electrons. The molecule has 0 bridgehead atoms. The summed E-state index contributed by atoms with van der Waals surface area (Å²) >= 11 is 0. The minimum Gasteiger partial charge on any atom is -0.493 e. The Balaban J connectivity index is 2.48. The van der Waals surface area contributed by atoms with Crippen LogP contribution in [0.1, 0.15) is 18.5 Å². The number of sulfone groups is 1. The second-order valence-corrected chi connectivity index (χ2v) is 8.17. The van der Waals surface area contributed by atoms with Crippen molar-refractivity contribution in [3.8, 4) is 11.5 Å². The van der Waals surface area contributed by atoms with Crippen molar-refractivity contribution in [1.82, 2.24) is 0 Å². The molecule has 3 N–H and O–H groups in total. The smallest absolute Gasteiger partial charge is 0.161 e. The largest absolute Gasteiger partial charge is 0.493 e. The first-order valence-corrected chi connectivity index (χ1v) is 10.2. The molecule has 6 nitrogen and oxygen atoms in total. The van der Waals surface area contributed by atoms with E-state index >= 15 is 0 Å². The Morgan fingerprint density at radius 2 is 1.89 bits per heavy atom. The SMILES string of the molecule is CCOc1cc([C@@H](CS(C)(=O)=O)Nc2c(N)cc(F)cc2F)ccc1OC. The van der Waals surface area contributed by atoms with Gasteiger partial charge < -0.3 is 20.5 Å². The summed E-state index contributed by atoms with van der Waals surface area (Å²) in [5, 5.41) is 2.78. The van der Waals surface area contributed by atoms with Gasteiger partial charge in [0.25, 0.3) is 0 Å². The molecule has 2 aromatic carbocycles. The zero-order valence-corrected chi connectivity index (χ0v) is 16.1. The lowest BCUT2D eigenvalue weighted by Gasteiger charge is -2.22. The van der Waals surface area contributed by atoms with Gasteiger partial charge in [0, 0.05) is 12.3 Å². The van der Waals surface area contributed by atoms with Gasteiger partial charge in [-0.3, -0.25) is 0 Å². The molecule has 0 saturated carbocycles. The first kappa shape index (κ1) is 20.8. The highest BCUT2D eigenvalue weighted by molar-refractivity contribution is 7.90. The first-order chi connectivity index (χ1) is 12.6. The number of rotatable bonds is 8. The molecule has 0 spiro atoms. The molecule has 0 aromatic heterocycles. The fourth-order valence-electron chi connectivity index (χ4n) is 2.62. The number of ether oxygens (including phenoxy) is 2. The van der Waals surface area contributed by atoms with Gasteiger partial charge in [-0.25, -0.2) is 17.2 Å². The third-order valence-corrected chi connectivity index (χ3v) is 4.70. The maximum Gasteiger partial charge on any atom is 0.161 e. The van der Waals surface area contributed by atoms with Crippen LogP contribution < -0.4 is 20.5 Å². The van der Waals surface area contributed by atoms with Crippen LogP contribution in [0.3, 0.4) is 0 Å². The lowest BCUT2D eigenvalue weighted by molar-refractivity contribution is 0.310. The number of nitrogens with two attached hydrogens (primary N) is 1. The molecule has 1 atom stereocenters. The maximum absolute atomic E-state index is 14.2. The molecular weight excluding hydrogens is 378 g/mol. The molecule has 9 heteroatoms. The number of halogens is 2. The number of nitrogens with one attached hydrogen (secondary N) is 1. The van der Waals surface area contributed by atoms with Gasteiger partial charge in [-0.05, 0) is 30.7 Å². The fraction of sp³-hybridized carbons (Fsp3) is 0.333. The van der Waals surface area contributed by atoms with Gasteiger partial charge in [-0.2, -0.15) is 0 Å². The summed E-state index contributed by atoms with van der Waals surface area (Å²) in [6.45, 7) is 2.18. The molecule has 0 unspecified atom stereocenters. The fourth-order valence-corrected chi connectivity index (χ4v) is 3.50. The number of anilines is 2. The summed E-state index contributed by atoms with van der Waals surface area (Å²) < 4.78 is 61.9. The molecule has 0 amide bonds. The molecule has 2 aromatic rings. The molecule has 0 aliphatic carbocycles. The zero-order valence-electron chi connectivity index (χ0n) is 15.3. The van der Waals surface area contributed by atoms with Crippen LogP contribution in [0.5, 0.6) is 11.5 Å². The van der Waals surface area contributed by atoms with E-state index in [1.807, 2.05) is 0 Å². The van der Waals surface area contributed by atoms with Crippen LogP contribution in [0.25, 0.3) is 0 Å². The third-order valence-electron chi connectivity index (χ3n) is 3.76. The minimum absolute atomic E-state index is 0.162. The molecule has 27 heavy (non-hydrogen) atoms. The minimum atomic E-state index is -3.44. The van der Waals surface area contributed by atoms with E-state index in [2.05, 4.69) is 5.32 Å². The van der Waals surface area contributed by atoms with Crippen molar-refractivity contribution < 1.29 is 26.7 Å². The second kappa shape index (κ2) is 8.43. The Bertz CT molecular complexity index is 897. The molecule has 0 radical (unpaired) electrons. The molecular formula is C18H22F2N2O4S. The Kier molecular flexibility index (Phi) is 6.48. The summed E-state index contributed by atoms with van der Waals surface area (Å²) in [6.07, 6.45) is 1.07. The van der Waals surface area contributed by atoms with E-state index in [9.17, 15) is 17.2 Å². The van der Waals surface area contributed by atoms with Gasteiger partial charge in [-0.1, -0.05) is 6.07 Å². The molecule has 0 aliphatic heterocycles. The number of nitrogen functional groups attached to an aromatic ring is 1. The van der Waals surface area contributed by atoms with E-state index in [4.69, 9.17) is 15.2 Å². The van der Waals surface area contributed by atoms with Crippen molar-refractivity contribution in [3.63, 3.8) is 0 Å². The van der Waals surface area contributed by atoms with Crippen LogP contribution in [0.2, 0.25) is 0 Å². The van der Waals surface area contributed by atoms with Gasteiger partial charge in [0.2, 0.25) is 0 Å². The highest BCUT2D eigenvalue weighted by Gasteiger charge is 2.22. The predicted molar refractivity (Wildman–Crippen MR) is 101 cm³/mol. The molecule has 0 aliphatic rings. The summed E-state index contributed by atoms with van der Waals surface area (Å²) in [6, 6.07) is 5.68. The van der Waals surface area contributed by atoms with E-state index in [1.165, 1.54) is 7.11 Å². The topological polar surface area (TPSA) is 90.7 Å². The normalized spacial score (nSPS) is 12.5. The van der Waals surface area contributed by atoms with E-state index in [1.54, 1.807) is 25.1 Å². The average molecular weight is 400 g/mol. The van der Waals surface area contributed by atoms with Crippen molar-refractivity contribution in [2.24, 2.45) is 0 Å². The second-order valence-electron chi connectivity index (χ2n) is 5.98. The monoisotopic (exact) mass is 400 g/mol. The molecule has 0 heterocycles. The van der Waals surface area contributed by atoms with Crippen molar-refractivity contribution in [2.75, 3.05) is 36.8 Å². The Labute approximate surface area is 157 Å². The van der Waals surface area contributed by atoms with Crippen LogP contribution in [0.4, 0.5) is 20.2 Å². The van der Waals surface area contributed by atoms with Crippen LogP contribution in [0.15, 0.2) is 30.3 Å². The van der Waals surface area contributed by atoms with Crippen LogP contribution in [0, 0.1) is 11.6 Å². The summed E-state index contributed by atoms with van der Waals surface area (Å²) in [7, 11) is -1.95. The summed E-state index contributed by atoms with van der Waals surface area (Å²) in [5.41, 5.74) is 5.89. The van der Waals surface area contributed by atoms with E-state index < -0.39 is 27.5 Å². The zero-order chi connectivity index (χ0) is 20.2. The van der Waals surface area contributed by atoms with Crippen molar-refractivity contribution in [2.45, 2.75) is 13.0 Å². The highest BCUT2D eigenvalue weighted by Crippen LogP contribution is 2.34. The number of hydrogen-bond donors (Lipinski definition) is 2. The molecule has 2 rings (SSSR count). The summed E-state index contributed by atoms with van der Waals surface area (Å²) in [4.78, 5) is 0. The lowest BCUT2D eigenvalue weighted by Crippen LogP contribution is -2.22. The third kappa shape index (κ3) is 5.46. The van der Waals surface area contributed by atoms with Crippen LogP contribution in [-0.4, -0.2) is 34.1 Å². The van der Waals surface area contributed by atoms with Gasteiger partial charge in [0.05, 0.1) is 36.9 Å². The van der Waals surface area contributed by atoms with E-state index in [0.717, 1.165) is 12.3 Å². The first-order valence-electron chi connectivity index (χ1n) is 8.14. The Morgan fingerprint density at radius 3 is 2.44 bits per heavy atom. The van der Waals surface area contributed by atoms with Crippen LogP contribution in [-0.2, 0) is 9.84 Å². The molecule has 0 saturated heterocycles. The Morgan fingerprint density at radius 1 is 1.19 bits per heavy atom. The average Bonchev–Trinajstić information content (AvgIpc) is 2.56. The number of hydrogen-bond acceptors (Lipinski definition) is 6. The van der Waals surface area contributed by atoms with Crippen molar-refractivity contribution in [3.05, 3.63) is 47.5 Å². The van der Waals surface area contributed by atoms with Gasteiger partial charge in [0.15, 0.2) is 17.3 Å². The lowest BCUT2D eigenvalue weighted by atomic mass is 10.1. The van der Waals surface area contributed by atoms with Gasteiger partial charge in [-0.15, -0.1) is 0 Å². The van der Waals surface area contributed by atoms with Crippen molar-refractivity contribution >= 4 is 21.2 Å². The predicted octanol–water partition coefficient (Wildman–Crippen LogP) is 3.15. The van der Waals surface area contributed by atoms with Crippen molar-refractivity contribution in [1.29, 1.82) is 0 Å².